The molecule has 0 heterocycles. The highest BCUT2D eigenvalue weighted by Crippen LogP contribution is 2.29. The van der Waals surface area contributed by atoms with Gasteiger partial charge in [0.1, 0.15) is 0 Å². The maximum absolute atomic E-state index is 10.8. The zero-order chi connectivity index (χ0) is 13.9. The van der Waals surface area contributed by atoms with Gasteiger partial charge in [-0.15, -0.1) is 0 Å². The number of nitro groups is 1. The highest BCUT2D eigenvalue weighted by molar-refractivity contribution is 9.10. The Hall–Kier alpha value is -1.10. The number of non-ortho nitro benzene ring substituents is 1. The van der Waals surface area contributed by atoms with Gasteiger partial charge < -0.3 is 5.32 Å². The summed E-state index contributed by atoms with van der Waals surface area (Å²) in [4.78, 5) is 10.4. The van der Waals surface area contributed by atoms with Crippen molar-refractivity contribution in [2.24, 2.45) is 11.8 Å². The Morgan fingerprint density at radius 1 is 1.22 bits per heavy atom. The van der Waals surface area contributed by atoms with E-state index in [2.05, 4.69) is 48.9 Å². The van der Waals surface area contributed by atoms with Crippen molar-refractivity contribution in [2.75, 3.05) is 5.32 Å². The first-order valence-electron chi connectivity index (χ1n) is 6.03. The molecular weight excluding hydrogens is 296 g/mol. The molecule has 1 aromatic rings. The third-order valence-corrected chi connectivity index (χ3v) is 3.61. The molecule has 0 bridgehead atoms. The molecule has 5 heteroatoms. The van der Waals surface area contributed by atoms with E-state index in [4.69, 9.17) is 0 Å². The molecule has 0 aliphatic rings. The monoisotopic (exact) mass is 314 g/mol. The van der Waals surface area contributed by atoms with Crippen molar-refractivity contribution in [3.63, 3.8) is 0 Å². The smallest absolute Gasteiger partial charge is 0.271 e. The van der Waals surface area contributed by atoms with E-state index >= 15 is 0 Å². The van der Waals surface area contributed by atoms with Gasteiger partial charge >= 0.3 is 0 Å². The molecule has 0 radical (unpaired) electrons. The number of nitrogens with zero attached hydrogens (tertiary/aromatic N) is 1. The number of halogens is 1. The lowest BCUT2D eigenvalue weighted by Crippen LogP contribution is -2.31. The highest BCUT2D eigenvalue weighted by atomic mass is 79.9. The van der Waals surface area contributed by atoms with Gasteiger partial charge in [0.15, 0.2) is 0 Å². The molecule has 1 aromatic carbocycles. The van der Waals surface area contributed by atoms with Gasteiger partial charge in [-0.1, -0.05) is 27.7 Å². The van der Waals surface area contributed by atoms with E-state index in [0.717, 1.165) is 10.2 Å². The van der Waals surface area contributed by atoms with Crippen molar-refractivity contribution >= 4 is 27.3 Å². The second-order valence-corrected chi connectivity index (χ2v) is 5.93. The molecule has 4 nitrogen and oxygen atoms in total. The lowest BCUT2D eigenvalue weighted by Gasteiger charge is -2.27. The first-order chi connectivity index (χ1) is 8.32. The molecule has 0 atom stereocenters. The van der Waals surface area contributed by atoms with Crippen LogP contribution in [0.2, 0.25) is 0 Å². The summed E-state index contributed by atoms with van der Waals surface area (Å²) >= 11 is 3.42. The number of hydrogen-bond acceptors (Lipinski definition) is 3. The van der Waals surface area contributed by atoms with Crippen molar-refractivity contribution in [3.8, 4) is 0 Å². The zero-order valence-electron chi connectivity index (χ0n) is 11.1. The van der Waals surface area contributed by atoms with Crippen LogP contribution >= 0.6 is 15.9 Å². The van der Waals surface area contributed by atoms with Crippen molar-refractivity contribution in [2.45, 2.75) is 33.7 Å². The molecule has 0 amide bonds. The van der Waals surface area contributed by atoms with Gasteiger partial charge in [-0.05, 0) is 33.8 Å². The van der Waals surface area contributed by atoms with Crippen molar-refractivity contribution in [1.82, 2.24) is 0 Å². The number of nitrogens with one attached hydrogen (secondary N) is 1. The minimum atomic E-state index is -0.378. The Kier molecular flexibility index (Phi) is 5.14. The number of nitro benzene ring substituents is 1. The molecule has 0 aromatic heterocycles. The fourth-order valence-corrected chi connectivity index (χ4v) is 2.38. The topological polar surface area (TPSA) is 55.2 Å². The van der Waals surface area contributed by atoms with Crippen LogP contribution in [-0.2, 0) is 0 Å². The van der Waals surface area contributed by atoms with E-state index in [1.165, 1.54) is 6.07 Å². The van der Waals surface area contributed by atoms with Gasteiger partial charge in [-0.25, -0.2) is 0 Å². The Morgan fingerprint density at radius 3 is 2.22 bits per heavy atom. The number of anilines is 1. The van der Waals surface area contributed by atoms with Crippen LogP contribution in [0, 0.1) is 22.0 Å². The first-order valence-corrected chi connectivity index (χ1v) is 6.82. The molecule has 0 aliphatic heterocycles. The minimum absolute atomic E-state index is 0.104. The maximum Gasteiger partial charge on any atom is 0.271 e. The first kappa shape index (κ1) is 15.0. The van der Waals surface area contributed by atoms with Crippen LogP contribution in [0.5, 0.6) is 0 Å². The van der Waals surface area contributed by atoms with Crippen molar-refractivity contribution in [1.29, 1.82) is 0 Å². The largest absolute Gasteiger partial charge is 0.381 e. The third-order valence-electron chi connectivity index (χ3n) is 2.92. The summed E-state index contributed by atoms with van der Waals surface area (Å²) in [5.41, 5.74) is 0.878. The van der Waals surface area contributed by atoms with Gasteiger partial charge in [0.25, 0.3) is 5.69 Å². The fourth-order valence-electron chi connectivity index (χ4n) is 2.02. The standard InChI is InChI=1S/C13H19BrN2O2/c1-8(2)13(9(3)4)15-12-7-10(16(17)18)5-6-11(12)14/h5-9,13,15H,1-4H3. The molecule has 0 saturated heterocycles. The number of rotatable bonds is 5. The normalized spacial score (nSPS) is 11.3. The van der Waals surface area contributed by atoms with E-state index in [9.17, 15) is 10.1 Å². The third kappa shape index (κ3) is 3.70. The van der Waals surface area contributed by atoms with E-state index < -0.39 is 0 Å². The van der Waals surface area contributed by atoms with Crippen molar-refractivity contribution in [3.05, 3.63) is 32.8 Å². The van der Waals surface area contributed by atoms with Crippen LogP contribution in [0.25, 0.3) is 0 Å². The number of benzene rings is 1. The minimum Gasteiger partial charge on any atom is -0.381 e. The Balaban J connectivity index is 3.01. The highest BCUT2D eigenvalue weighted by Gasteiger charge is 2.19. The summed E-state index contributed by atoms with van der Waals surface area (Å²) in [6, 6.07) is 5.05. The Morgan fingerprint density at radius 2 is 1.78 bits per heavy atom. The molecular formula is C13H19BrN2O2. The van der Waals surface area contributed by atoms with Gasteiger partial charge in [-0.2, -0.15) is 0 Å². The Labute approximate surface area is 116 Å². The molecule has 0 saturated carbocycles. The second-order valence-electron chi connectivity index (χ2n) is 5.08. The van der Waals surface area contributed by atoms with Crippen LogP contribution in [0.4, 0.5) is 11.4 Å². The van der Waals surface area contributed by atoms with Crippen LogP contribution in [0.3, 0.4) is 0 Å². The summed E-state index contributed by atoms with van der Waals surface area (Å²) in [6.45, 7) is 8.57. The van der Waals surface area contributed by atoms with E-state index in [-0.39, 0.29) is 16.7 Å². The predicted octanol–water partition coefficient (Wildman–Crippen LogP) is 4.45. The van der Waals surface area contributed by atoms with Crippen LogP contribution < -0.4 is 5.32 Å². The van der Waals surface area contributed by atoms with Crippen LogP contribution in [0.1, 0.15) is 27.7 Å². The quantitative estimate of drug-likeness (QED) is 0.645. The fraction of sp³-hybridized carbons (Fsp3) is 0.538. The molecule has 18 heavy (non-hydrogen) atoms. The molecule has 1 rings (SSSR count). The molecule has 1 N–H and O–H groups in total. The lowest BCUT2D eigenvalue weighted by molar-refractivity contribution is -0.384. The van der Waals surface area contributed by atoms with Gasteiger partial charge in [0.05, 0.1) is 10.6 Å². The predicted molar refractivity (Wildman–Crippen MR) is 77.9 cm³/mol. The zero-order valence-corrected chi connectivity index (χ0v) is 12.7. The van der Waals surface area contributed by atoms with Crippen LogP contribution in [-0.4, -0.2) is 11.0 Å². The lowest BCUT2D eigenvalue weighted by atomic mass is 9.93. The Bertz CT molecular complexity index is 425. The summed E-state index contributed by atoms with van der Waals surface area (Å²) in [5, 5.41) is 14.2. The molecule has 0 fully saturated rings. The van der Waals surface area contributed by atoms with Gasteiger partial charge in [0.2, 0.25) is 0 Å². The average molecular weight is 315 g/mol. The SMILES string of the molecule is CC(C)C(Nc1cc([N+](=O)[O-])ccc1Br)C(C)C. The maximum atomic E-state index is 10.8. The number of hydrogen-bond donors (Lipinski definition) is 1. The van der Waals surface area contributed by atoms with Gasteiger partial charge in [-0.3, -0.25) is 10.1 Å². The van der Waals surface area contributed by atoms with E-state index in [0.29, 0.717) is 11.8 Å². The molecule has 100 valence electrons. The average Bonchev–Trinajstić information content (AvgIpc) is 2.26. The summed E-state index contributed by atoms with van der Waals surface area (Å²) in [7, 11) is 0. The van der Waals surface area contributed by atoms with Crippen molar-refractivity contribution < 1.29 is 4.92 Å². The van der Waals surface area contributed by atoms with E-state index in [1.54, 1.807) is 12.1 Å². The summed E-state index contributed by atoms with van der Waals surface area (Å²) in [5.74, 6) is 0.910. The van der Waals surface area contributed by atoms with E-state index in [1.807, 2.05) is 0 Å². The molecule has 0 unspecified atom stereocenters. The molecule has 0 aliphatic carbocycles. The van der Waals surface area contributed by atoms with Crippen LogP contribution in [0.15, 0.2) is 22.7 Å². The second kappa shape index (κ2) is 6.18. The van der Waals surface area contributed by atoms with Gasteiger partial charge in [0, 0.05) is 22.6 Å². The summed E-state index contributed by atoms with van der Waals surface area (Å²) < 4.78 is 0.847. The molecule has 0 spiro atoms. The summed E-state index contributed by atoms with van der Waals surface area (Å²) in [6.07, 6.45) is 0.